The average molecular weight is 291 g/mol. The molecule has 1 aliphatic rings. The van der Waals surface area contributed by atoms with E-state index in [1.54, 1.807) is 7.11 Å². The van der Waals surface area contributed by atoms with Crippen molar-refractivity contribution in [2.45, 2.75) is 32.0 Å². The Labute approximate surface area is 129 Å². The van der Waals surface area contributed by atoms with Gasteiger partial charge in [-0.2, -0.15) is 0 Å². The van der Waals surface area contributed by atoms with Gasteiger partial charge in [-0.1, -0.05) is 6.07 Å². The van der Waals surface area contributed by atoms with Gasteiger partial charge in [-0.15, -0.1) is 0 Å². The molecular weight excluding hydrogens is 262 g/mol. The van der Waals surface area contributed by atoms with E-state index in [4.69, 9.17) is 4.74 Å². The van der Waals surface area contributed by atoms with Crippen molar-refractivity contribution in [1.82, 2.24) is 15.1 Å². The summed E-state index contributed by atoms with van der Waals surface area (Å²) in [6.45, 7) is 4.23. The summed E-state index contributed by atoms with van der Waals surface area (Å²) in [6, 6.07) is 7.23. The van der Waals surface area contributed by atoms with Crippen molar-refractivity contribution in [2.24, 2.45) is 0 Å². The van der Waals surface area contributed by atoms with Gasteiger partial charge in [-0.05, 0) is 64.8 Å². The number of likely N-dealkylation sites (tertiary alicyclic amines) is 1. The average Bonchev–Trinajstić information content (AvgIpc) is 2.48. The first-order valence-electron chi connectivity index (χ1n) is 7.83. The predicted molar refractivity (Wildman–Crippen MR) is 87.7 cm³/mol. The highest BCUT2D eigenvalue weighted by Gasteiger charge is 2.21. The molecule has 0 saturated carbocycles. The van der Waals surface area contributed by atoms with E-state index >= 15 is 0 Å². The van der Waals surface area contributed by atoms with E-state index in [1.165, 1.54) is 37.1 Å². The highest BCUT2D eigenvalue weighted by atomic mass is 16.5. The molecule has 2 rings (SSSR count). The van der Waals surface area contributed by atoms with E-state index in [1.807, 2.05) is 7.05 Å². The zero-order valence-electron chi connectivity index (χ0n) is 13.9. The Hall–Kier alpha value is -1.10. The number of nitrogens with zero attached hydrogens (tertiary/aromatic N) is 2. The Kier molecular flexibility index (Phi) is 6.03. The third-order valence-electron chi connectivity index (χ3n) is 4.41. The van der Waals surface area contributed by atoms with Crippen molar-refractivity contribution < 1.29 is 4.74 Å². The fraction of sp³-hybridized carbons (Fsp3) is 0.647. The summed E-state index contributed by atoms with van der Waals surface area (Å²) in [4.78, 5) is 4.90. The summed E-state index contributed by atoms with van der Waals surface area (Å²) in [5, 5.41) is 3.21. The second-order valence-corrected chi connectivity index (χ2v) is 6.15. The quantitative estimate of drug-likeness (QED) is 0.867. The summed E-state index contributed by atoms with van der Waals surface area (Å²) >= 11 is 0. The molecule has 4 heteroatoms. The third-order valence-corrected chi connectivity index (χ3v) is 4.41. The molecule has 4 nitrogen and oxygen atoms in total. The van der Waals surface area contributed by atoms with Crippen LogP contribution in [0.15, 0.2) is 18.2 Å². The van der Waals surface area contributed by atoms with Crippen LogP contribution in [0.3, 0.4) is 0 Å². The molecule has 118 valence electrons. The Morgan fingerprint density at radius 1 is 1.29 bits per heavy atom. The molecular formula is C17H29N3O. The molecule has 0 radical (unpaired) electrons. The van der Waals surface area contributed by atoms with E-state index in [0.29, 0.717) is 0 Å². The lowest BCUT2D eigenvalue weighted by atomic mass is 10.0. The lowest BCUT2D eigenvalue weighted by molar-refractivity contribution is 0.139. The van der Waals surface area contributed by atoms with Crippen molar-refractivity contribution in [3.8, 4) is 5.75 Å². The van der Waals surface area contributed by atoms with Crippen LogP contribution in [0.5, 0.6) is 5.75 Å². The fourth-order valence-corrected chi connectivity index (χ4v) is 3.10. The molecule has 1 fully saturated rings. The second-order valence-electron chi connectivity index (χ2n) is 6.15. The molecule has 1 aromatic rings. The standard InChI is InChI=1S/C17H29N3O/c1-18-12-14-5-6-17(21-4)15(11-14)13-20-9-7-16(8-10-20)19(2)3/h5-6,11,16,18H,7-10,12-13H2,1-4H3. The van der Waals surface area contributed by atoms with Crippen molar-refractivity contribution in [3.05, 3.63) is 29.3 Å². The molecule has 1 N–H and O–H groups in total. The second kappa shape index (κ2) is 7.78. The lowest BCUT2D eigenvalue weighted by Gasteiger charge is -2.35. The van der Waals surface area contributed by atoms with Crippen molar-refractivity contribution in [2.75, 3.05) is 41.3 Å². The lowest BCUT2D eigenvalue weighted by Crippen LogP contribution is -2.41. The molecule has 0 aliphatic carbocycles. The van der Waals surface area contributed by atoms with Crippen LogP contribution < -0.4 is 10.1 Å². The number of nitrogens with one attached hydrogen (secondary N) is 1. The first-order chi connectivity index (χ1) is 10.1. The molecule has 0 spiro atoms. The molecule has 1 saturated heterocycles. The first-order valence-corrected chi connectivity index (χ1v) is 7.83. The van der Waals surface area contributed by atoms with E-state index in [-0.39, 0.29) is 0 Å². The molecule has 0 unspecified atom stereocenters. The molecule has 1 aliphatic heterocycles. The fourth-order valence-electron chi connectivity index (χ4n) is 3.10. The largest absolute Gasteiger partial charge is 0.496 e. The van der Waals surface area contributed by atoms with Gasteiger partial charge in [0.2, 0.25) is 0 Å². The topological polar surface area (TPSA) is 27.7 Å². The van der Waals surface area contributed by atoms with E-state index in [9.17, 15) is 0 Å². The zero-order chi connectivity index (χ0) is 15.2. The molecule has 21 heavy (non-hydrogen) atoms. The number of ether oxygens (including phenoxy) is 1. The molecule has 0 amide bonds. The van der Waals surface area contributed by atoms with Crippen LogP contribution in [-0.2, 0) is 13.1 Å². The van der Waals surface area contributed by atoms with Gasteiger partial charge in [0, 0.05) is 24.7 Å². The van der Waals surface area contributed by atoms with Crippen LogP contribution in [0.25, 0.3) is 0 Å². The zero-order valence-corrected chi connectivity index (χ0v) is 13.9. The third kappa shape index (κ3) is 4.43. The van der Waals surface area contributed by atoms with E-state index in [0.717, 1.165) is 24.9 Å². The smallest absolute Gasteiger partial charge is 0.123 e. The van der Waals surface area contributed by atoms with Crippen LogP contribution in [-0.4, -0.2) is 57.2 Å². The van der Waals surface area contributed by atoms with Gasteiger partial charge in [0.25, 0.3) is 0 Å². The van der Waals surface area contributed by atoms with Crippen LogP contribution in [0.1, 0.15) is 24.0 Å². The van der Waals surface area contributed by atoms with Crippen LogP contribution >= 0.6 is 0 Å². The Bertz CT molecular complexity index is 440. The highest BCUT2D eigenvalue weighted by molar-refractivity contribution is 5.37. The van der Waals surface area contributed by atoms with Gasteiger partial charge in [0.05, 0.1) is 7.11 Å². The molecule has 1 aromatic carbocycles. The Morgan fingerprint density at radius 3 is 2.57 bits per heavy atom. The maximum absolute atomic E-state index is 5.52. The van der Waals surface area contributed by atoms with Crippen LogP contribution in [0, 0.1) is 0 Å². The van der Waals surface area contributed by atoms with Crippen molar-refractivity contribution >= 4 is 0 Å². The van der Waals surface area contributed by atoms with Gasteiger partial charge in [-0.25, -0.2) is 0 Å². The van der Waals surface area contributed by atoms with Crippen molar-refractivity contribution in [3.63, 3.8) is 0 Å². The van der Waals surface area contributed by atoms with Gasteiger partial charge >= 0.3 is 0 Å². The summed E-state index contributed by atoms with van der Waals surface area (Å²) in [5.74, 6) is 1.00. The van der Waals surface area contributed by atoms with Crippen LogP contribution in [0.2, 0.25) is 0 Å². The monoisotopic (exact) mass is 291 g/mol. The SMILES string of the molecule is CNCc1ccc(OC)c(CN2CCC(N(C)C)CC2)c1. The number of benzene rings is 1. The van der Waals surface area contributed by atoms with Crippen molar-refractivity contribution in [1.29, 1.82) is 0 Å². The maximum Gasteiger partial charge on any atom is 0.123 e. The Balaban J connectivity index is 2.00. The first kappa shape index (κ1) is 16.3. The summed E-state index contributed by atoms with van der Waals surface area (Å²) in [5.41, 5.74) is 2.62. The highest BCUT2D eigenvalue weighted by Crippen LogP contribution is 2.24. The molecule has 0 bridgehead atoms. The summed E-state index contributed by atoms with van der Waals surface area (Å²) in [6.07, 6.45) is 2.51. The summed E-state index contributed by atoms with van der Waals surface area (Å²) < 4.78 is 5.52. The minimum absolute atomic E-state index is 0.735. The normalized spacial score (nSPS) is 17.4. The summed E-state index contributed by atoms with van der Waals surface area (Å²) in [7, 11) is 8.11. The molecule has 0 aromatic heterocycles. The number of piperidine rings is 1. The van der Waals surface area contributed by atoms with Gasteiger partial charge in [-0.3, -0.25) is 4.90 Å². The van der Waals surface area contributed by atoms with E-state index in [2.05, 4.69) is 47.4 Å². The minimum Gasteiger partial charge on any atom is -0.496 e. The molecule has 1 heterocycles. The number of hydrogen-bond donors (Lipinski definition) is 1. The number of hydrogen-bond acceptors (Lipinski definition) is 4. The Morgan fingerprint density at radius 2 is 2.00 bits per heavy atom. The maximum atomic E-state index is 5.52. The molecule has 0 atom stereocenters. The van der Waals surface area contributed by atoms with Gasteiger partial charge in [0.15, 0.2) is 0 Å². The number of rotatable bonds is 6. The van der Waals surface area contributed by atoms with Gasteiger partial charge < -0.3 is 15.0 Å². The predicted octanol–water partition coefficient (Wildman–Crippen LogP) is 1.94. The van der Waals surface area contributed by atoms with Gasteiger partial charge in [0.1, 0.15) is 5.75 Å². The van der Waals surface area contributed by atoms with E-state index < -0.39 is 0 Å². The van der Waals surface area contributed by atoms with Crippen LogP contribution in [0.4, 0.5) is 0 Å². The number of methoxy groups -OCH3 is 1. The minimum atomic E-state index is 0.735.